The highest BCUT2D eigenvalue weighted by molar-refractivity contribution is 9.10. The van der Waals surface area contributed by atoms with Gasteiger partial charge in [-0.15, -0.1) is 0 Å². The van der Waals surface area contributed by atoms with Crippen LogP contribution in [-0.2, 0) is 5.33 Å². The van der Waals surface area contributed by atoms with Gasteiger partial charge in [0.1, 0.15) is 5.75 Å². The lowest BCUT2D eigenvalue weighted by molar-refractivity contribution is 0.0995. The monoisotopic (exact) mass is 401 g/mol. The third-order valence-electron chi connectivity index (χ3n) is 2.56. The molecule has 1 N–H and O–H groups in total. The van der Waals surface area contributed by atoms with Gasteiger partial charge in [-0.3, -0.25) is 4.79 Å². The molecule has 106 valence electrons. The molecule has 0 unspecified atom stereocenters. The molecule has 0 radical (unpaired) electrons. The van der Waals surface area contributed by atoms with Crippen molar-refractivity contribution in [2.75, 3.05) is 11.9 Å². The van der Waals surface area contributed by atoms with Gasteiger partial charge < -0.3 is 14.5 Å². The molecule has 0 aliphatic carbocycles. The maximum absolute atomic E-state index is 12.0. The van der Waals surface area contributed by atoms with Crippen LogP contribution in [0.3, 0.4) is 0 Å². The van der Waals surface area contributed by atoms with Gasteiger partial charge in [-0.2, -0.15) is 0 Å². The third kappa shape index (κ3) is 3.64. The summed E-state index contributed by atoms with van der Waals surface area (Å²) in [6, 6.07) is 8.80. The van der Waals surface area contributed by atoms with E-state index in [-0.39, 0.29) is 11.7 Å². The van der Waals surface area contributed by atoms with Gasteiger partial charge in [0.2, 0.25) is 0 Å². The molecule has 0 fully saturated rings. The summed E-state index contributed by atoms with van der Waals surface area (Å²) in [5.41, 5.74) is 1.67. The summed E-state index contributed by atoms with van der Waals surface area (Å²) in [5.74, 6) is 0.773. The molecule has 20 heavy (non-hydrogen) atoms. The van der Waals surface area contributed by atoms with Crippen molar-refractivity contribution >= 4 is 43.5 Å². The Bertz CT molecular complexity index is 610. The standard InChI is InChI=1S/C14H13Br2NO3/c1-2-19-11-4-3-10(7-9(11)8-15)17-14(18)12-5-6-13(16)20-12/h3-7H,2,8H2,1H3,(H,17,18). The number of furan rings is 1. The number of rotatable bonds is 5. The summed E-state index contributed by atoms with van der Waals surface area (Å²) in [4.78, 5) is 12.0. The van der Waals surface area contributed by atoms with Crippen LogP contribution in [0.2, 0.25) is 0 Å². The molecular formula is C14H13Br2NO3. The van der Waals surface area contributed by atoms with E-state index in [4.69, 9.17) is 9.15 Å². The van der Waals surface area contributed by atoms with E-state index in [1.165, 1.54) is 0 Å². The Morgan fingerprint density at radius 2 is 2.15 bits per heavy atom. The predicted octanol–water partition coefficient (Wildman–Crippen LogP) is 4.59. The second-order valence-electron chi connectivity index (χ2n) is 3.95. The molecule has 6 heteroatoms. The number of amides is 1. The third-order valence-corrected chi connectivity index (χ3v) is 3.59. The lowest BCUT2D eigenvalue weighted by atomic mass is 10.2. The zero-order valence-electron chi connectivity index (χ0n) is 10.8. The second kappa shape index (κ2) is 6.95. The summed E-state index contributed by atoms with van der Waals surface area (Å²) >= 11 is 6.58. The number of benzene rings is 1. The van der Waals surface area contributed by atoms with Crippen LogP contribution in [0, 0.1) is 0 Å². The molecule has 2 rings (SSSR count). The molecule has 2 aromatic rings. The number of anilines is 1. The van der Waals surface area contributed by atoms with Crippen LogP contribution in [0.4, 0.5) is 5.69 Å². The molecule has 1 amide bonds. The van der Waals surface area contributed by atoms with Gasteiger partial charge in [-0.05, 0) is 53.2 Å². The molecule has 0 bridgehead atoms. The molecule has 0 atom stereocenters. The number of hydrogen-bond donors (Lipinski definition) is 1. The Morgan fingerprint density at radius 1 is 1.35 bits per heavy atom. The zero-order chi connectivity index (χ0) is 14.5. The summed E-state index contributed by atoms with van der Waals surface area (Å²) in [6.07, 6.45) is 0. The van der Waals surface area contributed by atoms with E-state index in [9.17, 15) is 4.79 Å². The van der Waals surface area contributed by atoms with Gasteiger partial charge in [0, 0.05) is 16.6 Å². The summed E-state index contributed by atoms with van der Waals surface area (Å²) in [5, 5.41) is 3.44. The Morgan fingerprint density at radius 3 is 2.75 bits per heavy atom. The quantitative estimate of drug-likeness (QED) is 0.744. The van der Waals surface area contributed by atoms with Crippen LogP contribution in [0.5, 0.6) is 5.75 Å². The maximum atomic E-state index is 12.0. The number of carbonyl (C=O) groups excluding carboxylic acids is 1. The van der Waals surface area contributed by atoms with Crippen LogP contribution < -0.4 is 10.1 Å². The molecule has 4 nitrogen and oxygen atoms in total. The van der Waals surface area contributed by atoms with Crippen molar-refractivity contribution in [2.24, 2.45) is 0 Å². The average Bonchev–Trinajstić information content (AvgIpc) is 2.87. The first-order valence-corrected chi connectivity index (χ1v) is 7.94. The van der Waals surface area contributed by atoms with Crippen LogP contribution in [0.1, 0.15) is 23.0 Å². The van der Waals surface area contributed by atoms with E-state index in [1.807, 2.05) is 19.1 Å². The molecule has 0 aliphatic rings. The normalized spacial score (nSPS) is 10.3. The molecule has 0 saturated carbocycles. The summed E-state index contributed by atoms with van der Waals surface area (Å²) < 4.78 is 11.2. The predicted molar refractivity (Wildman–Crippen MR) is 84.6 cm³/mol. The van der Waals surface area contributed by atoms with Gasteiger partial charge in [0.15, 0.2) is 10.4 Å². The number of hydrogen-bond acceptors (Lipinski definition) is 3. The first kappa shape index (κ1) is 15.1. The van der Waals surface area contributed by atoms with E-state index in [1.54, 1.807) is 18.2 Å². The van der Waals surface area contributed by atoms with Crippen molar-refractivity contribution < 1.29 is 13.9 Å². The van der Waals surface area contributed by atoms with Crippen LogP contribution in [-0.4, -0.2) is 12.5 Å². The Balaban J connectivity index is 2.15. The average molecular weight is 403 g/mol. The number of ether oxygens (including phenoxy) is 1. The molecule has 0 saturated heterocycles. The van der Waals surface area contributed by atoms with Gasteiger partial charge in [0.25, 0.3) is 5.91 Å². The molecule has 0 spiro atoms. The lowest BCUT2D eigenvalue weighted by Gasteiger charge is -2.10. The summed E-state index contributed by atoms with van der Waals surface area (Å²) in [7, 11) is 0. The fourth-order valence-corrected chi connectivity index (χ4v) is 2.43. The first-order valence-electron chi connectivity index (χ1n) is 6.02. The minimum absolute atomic E-state index is 0.256. The van der Waals surface area contributed by atoms with Crippen molar-refractivity contribution in [3.05, 3.63) is 46.3 Å². The van der Waals surface area contributed by atoms with Crippen LogP contribution >= 0.6 is 31.9 Å². The van der Waals surface area contributed by atoms with E-state index in [0.717, 1.165) is 11.3 Å². The Kier molecular flexibility index (Phi) is 5.25. The smallest absolute Gasteiger partial charge is 0.291 e. The highest BCUT2D eigenvalue weighted by atomic mass is 79.9. The van der Waals surface area contributed by atoms with Crippen molar-refractivity contribution in [3.63, 3.8) is 0 Å². The number of alkyl halides is 1. The first-order chi connectivity index (χ1) is 9.63. The van der Waals surface area contributed by atoms with Gasteiger partial charge >= 0.3 is 0 Å². The van der Waals surface area contributed by atoms with E-state index < -0.39 is 0 Å². The van der Waals surface area contributed by atoms with Crippen LogP contribution in [0.15, 0.2) is 39.4 Å². The van der Waals surface area contributed by atoms with Gasteiger partial charge in [-0.1, -0.05) is 15.9 Å². The fourth-order valence-electron chi connectivity index (χ4n) is 1.69. The van der Waals surface area contributed by atoms with Crippen molar-refractivity contribution in [3.8, 4) is 5.75 Å². The number of carbonyl (C=O) groups is 1. The van der Waals surface area contributed by atoms with Crippen molar-refractivity contribution in [1.82, 2.24) is 0 Å². The fraction of sp³-hybridized carbons (Fsp3) is 0.214. The zero-order valence-corrected chi connectivity index (χ0v) is 14.0. The topological polar surface area (TPSA) is 51.5 Å². The lowest BCUT2D eigenvalue weighted by Crippen LogP contribution is -2.11. The van der Waals surface area contributed by atoms with Crippen molar-refractivity contribution in [1.29, 1.82) is 0 Å². The molecule has 1 aromatic heterocycles. The number of nitrogens with one attached hydrogen (secondary N) is 1. The second-order valence-corrected chi connectivity index (χ2v) is 5.29. The van der Waals surface area contributed by atoms with E-state index in [2.05, 4.69) is 37.2 Å². The largest absolute Gasteiger partial charge is 0.494 e. The van der Waals surface area contributed by atoms with Crippen LogP contribution in [0.25, 0.3) is 0 Å². The van der Waals surface area contributed by atoms with Gasteiger partial charge in [-0.25, -0.2) is 0 Å². The van der Waals surface area contributed by atoms with E-state index in [0.29, 0.717) is 22.3 Å². The molecular weight excluding hydrogens is 390 g/mol. The van der Waals surface area contributed by atoms with E-state index >= 15 is 0 Å². The minimum atomic E-state index is -0.291. The summed E-state index contributed by atoms with van der Waals surface area (Å²) in [6.45, 7) is 2.54. The SMILES string of the molecule is CCOc1ccc(NC(=O)c2ccc(Br)o2)cc1CBr. The molecule has 1 aromatic carbocycles. The Labute approximate surface area is 133 Å². The minimum Gasteiger partial charge on any atom is -0.494 e. The molecule has 0 aliphatic heterocycles. The highest BCUT2D eigenvalue weighted by Gasteiger charge is 2.12. The maximum Gasteiger partial charge on any atom is 0.291 e. The highest BCUT2D eigenvalue weighted by Crippen LogP contribution is 2.25. The number of halogens is 2. The Hall–Kier alpha value is -1.27. The van der Waals surface area contributed by atoms with Gasteiger partial charge in [0.05, 0.1) is 6.61 Å². The molecule has 1 heterocycles. The van der Waals surface area contributed by atoms with Crippen molar-refractivity contribution in [2.45, 2.75) is 12.3 Å².